The van der Waals surface area contributed by atoms with E-state index in [1.165, 1.54) is 7.11 Å². The van der Waals surface area contributed by atoms with E-state index in [-0.39, 0.29) is 0 Å². The van der Waals surface area contributed by atoms with E-state index in [9.17, 15) is 5.26 Å². The number of anilines is 1. The summed E-state index contributed by atoms with van der Waals surface area (Å²) in [5.41, 5.74) is 9.31. The van der Waals surface area contributed by atoms with Gasteiger partial charge in [0.25, 0.3) is 0 Å². The normalized spacial score (nSPS) is 10.7. The lowest BCUT2D eigenvalue weighted by Gasteiger charge is -2.14. The summed E-state index contributed by atoms with van der Waals surface area (Å²) in [4.78, 5) is 4.66. The second-order valence-electron chi connectivity index (χ2n) is 6.59. The van der Waals surface area contributed by atoms with Crippen LogP contribution in [0.25, 0.3) is 22.6 Å². The molecule has 9 nitrogen and oxygen atoms in total. The number of aromatic nitrogens is 3. The number of nitrogens with two attached hydrogens (primary N) is 1. The molecule has 0 atom stereocenters. The number of ether oxygens (including phenoxy) is 4. The van der Waals surface area contributed by atoms with E-state index in [1.807, 2.05) is 24.3 Å². The Morgan fingerprint density at radius 2 is 1.58 bits per heavy atom. The zero-order chi connectivity index (χ0) is 22.1. The lowest BCUT2D eigenvalue weighted by atomic mass is 10.1. The number of benzene rings is 2. The first kappa shape index (κ1) is 20.0. The fraction of sp³-hybridized carbons (Fsp3) is 0.182. The zero-order valence-electron chi connectivity index (χ0n) is 17.5. The summed E-state index contributed by atoms with van der Waals surface area (Å²) >= 11 is 0. The summed E-state index contributed by atoms with van der Waals surface area (Å²) in [6.45, 7) is 0. The molecular formula is C22H21N5O4. The van der Waals surface area contributed by atoms with Crippen molar-refractivity contribution in [3.05, 3.63) is 48.2 Å². The third-order valence-electron chi connectivity index (χ3n) is 4.99. The van der Waals surface area contributed by atoms with E-state index in [0.29, 0.717) is 45.5 Å². The number of hydrogen-bond donors (Lipinski definition) is 1. The number of nitrogen functional groups attached to an aromatic ring is 1. The molecule has 0 amide bonds. The number of nitrogens with zero attached hydrogens (tertiary/aromatic N) is 4. The van der Waals surface area contributed by atoms with Crippen LogP contribution in [0.1, 0.15) is 5.56 Å². The first-order valence-corrected chi connectivity index (χ1v) is 9.30. The van der Waals surface area contributed by atoms with Crippen LogP contribution in [0.2, 0.25) is 0 Å². The first-order valence-electron chi connectivity index (χ1n) is 9.30. The van der Waals surface area contributed by atoms with Crippen molar-refractivity contribution in [2.45, 2.75) is 0 Å². The monoisotopic (exact) mass is 419 g/mol. The van der Waals surface area contributed by atoms with Crippen molar-refractivity contribution < 1.29 is 18.9 Å². The summed E-state index contributed by atoms with van der Waals surface area (Å²) in [6.07, 6.45) is 1.69. The molecule has 0 aliphatic carbocycles. The highest BCUT2D eigenvalue weighted by molar-refractivity contribution is 5.80. The van der Waals surface area contributed by atoms with Gasteiger partial charge in [0.1, 0.15) is 23.1 Å². The third kappa shape index (κ3) is 3.14. The second kappa shape index (κ2) is 7.84. The average molecular weight is 419 g/mol. The fourth-order valence-electron chi connectivity index (χ4n) is 3.49. The van der Waals surface area contributed by atoms with Gasteiger partial charge in [0.2, 0.25) is 5.75 Å². The van der Waals surface area contributed by atoms with Gasteiger partial charge in [-0.15, -0.1) is 0 Å². The van der Waals surface area contributed by atoms with E-state index < -0.39 is 0 Å². The van der Waals surface area contributed by atoms with Crippen molar-refractivity contribution in [3.8, 4) is 46.0 Å². The van der Waals surface area contributed by atoms with Crippen LogP contribution in [0.3, 0.4) is 0 Å². The molecule has 0 aliphatic heterocycles. The molecule has 2 heterocycles. The standard InChI is InChI=1S/C22H21N5O4/c1-28-16-7-5-15(6-8-16)26-12-14(11-23)22-25-19(21(24)27(22)26)13-9-17(29-2)20(31-4)18(10-13)30-3/h5-10,12H,24H2,1-4H3. The van der Waals surface area contributed by atoms with Crippen LogP contribution >= 0.6 is 0 Å². The van der Waals surface area contributed by atoms with Crippen molar-refractivity contribution in [1.29, 1.82) is 5.26 Å². The summed E-state index contributed by atoms with van der Waals surface area (Å²) in [5, 5.41) is 9.65. The zero-order valence-corrected chi connectivity index (χ0v) is 17.5. The van der Waals surface area contributed by atoms with Crippen molar-refractivity contribution >= 4 is 11.5 Å². The molecule has 0 radical (unpaired) electrons. The van der Waals surface area contributed by atoms with Gasteiger partial charge in [0.05, 0.1) is 34.1 Å². The van der Waals surface area contributed by atoms with Crippen LogP contribution < -0.4 is 24.7 Å². The number of methoxy groups -OCH3 is 4. The summed E-state index contributed by atoms with van der Waals surface area (Å²) in [6, 6.07) is 13.1. The van der Waals surface area contributed by atoms with Gasteiger partial charge in [0, 0.05) is 11.8 Å². The highest BCUT2D eigenvalue weighted by Crippen LogP contribution is 2.42. The molecule has 4 aromatic rings. The van der Waals surface area contributed by atoms with Gasteiger partial charge in [-0.25, -0.2) is 9.50 Å². The third-order valence-corrected chi connectivity index (χ3v) is 4.99. The number of imidazole rings is 1. The molecule has 0 saturated heterocycles. The minimum Gasteiger partial charge on any atom is -0.497 e. The molecule has 4 rings (SSSR count). The number of rotatable bonds is 6. The smallest absolute Gasteiger partial charge is 0.203 e. The molecule has 0 spiro atoms. The highest BCUT2D eigenvalue weighted by Gasteiger charge is 2.22. The van der Waals surface area contributed by atoms with E-state index in [2.05, 4.69) is 11.1 Å². The second-order valence-corrected chi connectivity index (χ2v) is 6.59. The maximum atomic E-state index is 9.65. The Morgan fingerprint density at radius 3 is 2.10 bits per heavy atom. The molecule has 31 heavy (non-hydrogen) atoms. The predicted octanol–water partition coefficient (Wildman–Crippen LogP) is 3.28. The highest BCUT2D eigenvalue weighted by atomic mass is 16.5. The van der Waals surface area contributed by atoms with Gasteiger partial charge in [-0.2, -0.15) is 5.26 Å². The van der Waals surface area contributed by atoms with Crippen molar-refractivity contribution in [2.75, 3.05) is 34.2 Å². The Hall–Kier alpha value is -4.32. The molecule has 0 bridgehead atoms. The first-order chi connectivity index (χ1) is 15.1. The molecular weight excluding hydrogens is 398 g/mol. The van der Waals surface area contributed by atoms with Crippen molar-refractivity contribution in [3.63, 3.8) is 0 Å². The Bertz CT molecular complexity index is 1270. The largest absolute Gasteiger partial charge is 0.497 e. The van der Waals surface area contributed by atoms with Crippen LogP contribution in [0.5, 0.6) is 23.0 Å². The predicted molar refractivity (Wildman–Crippen MR) is 115 cm³/mol. The van der Waals surface area contributed by atoms with Crippen molar-refractivity contribution in [2.24, 2.45) is 0 Å². The van der Waals surface area contributed by atoms with Crippen LogP contribution in [-0.2, 0) is 0 Å². The van der Waals surface area contributed by atoms with Crippen LogP contribution in [0.4, 0.5) is 5.82 Å². The van der Waals surface area contributed by atoms with Gasteiger partial charge in [-0.05, 0) is 36.4 Å². The molecule has 158 valence electrons. The molecule has 0 aliphatic rings. The number of hydrogen-bond acceptors (Lipinski definition) is 7. The fourth-order valence-corrected chi connectivity index (χ4v) is 3.49. The Balaban J connectivity index is 1.95. The average Bonchev–Trinajstić information content (AvgIpc) is 3.35. The number of nitriles is 1. The van der Waals surface area contributed by atoms with Gasteiger partial charge in [-0.1, -0.05) is 0 Å². The van der Waals surface area contributed by atoms with Gasteiger partial charge in [-0.3, -0.25) is 4.68 Å². The molecule has 2 N–H and O–H groups in total. The maximum absolute atomic E-state index is 9.65. The summed E-state index contributed by atoms with van der Waals surface area (Å²) in [5.74, 6) is 2.52. The Labute approximate surface area is 178 Å². The number of fused-ring (bicyclic) bond motifs is 1. The maximum Gasteiger partial charge on any atom is 0.203 e. The van der Waals surface area contributed by atoms with E-state index in [4.69, 9.17) is 24.7 Å². The minimum absolute atomic E-state index is 0.363. The molecule has 9 heteroatoms. The van der Waals surface area contributed by atoms with Gasteiger partial charge in [0.15, 0.2) is 23.0 Å². The van der Waals surface area contributed by atoms with E-state index in [1.54, 1.807) is 48.9 Å². The Kier molecular flexibility index (Phi) is 5.05. The quantitative estimate of drug-likeness (QED) is 0.511. The molecule has 2 aromatic carbocycles. The lowest BCUT2D eigenvalue weighted by molar-refractivity contribution is 0.324. The van der Waals surface area contributed by atoms with Gasteiger partial charge >= 0.3 is 0 Å². The molecule has 2 aromatic heterocycles. The van der Waals surface area contributed by atoms with Crippen molar-refractivity contribution in [1.82, 2.24) is 14.2 Å². The Morgan fingerprint density at radius 1 is 0.935 bits per heavy atom. The SMILES string of the molecule is COc1ccc(-n2cc(C#N)c3nc(-c4cc(OC)c(OC)c(OC)c4)c(N)n32)cc1. The summed E-state index contributed by atoms with van der Waals surface area (Å²) < 4.78 is 25.0. The van der Waals surface area contributed by atoms with Gasteiger partial charge < -0.3 is 24.7 Å². The topological polar surface area (TPSA) is 109 Å². The molecule has 0 saturated carbocycles. The molecule has 0 unspecified atom stereocenters. The van der Waals surface area contributed by atoms with E-state index in [0.717, 1.165) is 11.4 Å². The molecule has 0 fully saturated rings. The minimum atomic E-state index is 0.363. The van der Waals surface area contributed by atoms with Crippen LogP contribution in [-0.4, -0.2) is 42.6 Å². The summed E-state index contributed by atoms with van der Waals surface area (Å²) in [7, 11) is 6.23. The van der Waals surface area contributed by atoms with Crippen LogP contribution in [0, 0.1) is 11.3 Å². The van der Waals surface area contributed by atoms with E-state index >= 15 is 0 Å². The lowest BCUT2D eigenvalue weighted by Crippen LogP contribution is -2.05. The van der Waals surface area contributed by atoms with Crippen LogP contribution in [0.15, 0.2) is 42.6 Å².